The van der Waals surface area contributed by atoms with Crippen LogP contribution in [0.5, 0.6) is 0 Å². The van der Waals surface area contributed by atoms with E-state index in [2.05, 4.69) is 15.5 Å². The third-order valence-electron chi connectivity index (χ3n) is 3.42. The number of halogens is 3. The molecule has 0 spiro atoms. The molecular formula is C16H13F3N4O2S. The van der Waals surface area contributed by atoms with Gasteiger partial charge < -0.3 is 9.73 Å². The smallest absolute Gasteiger partial charge is 0.234 e. The van der Waals surface area contributed by atoms with Crippen LogP contribution in [0.2, 0.25) is 0 Å². The molecule has 10 heteroatoms. The van der Waals surface area contributed by atoms with Crippen LogP contribution in [0.1, 0.15) is 6.92 Å². The van der Waals surface area contributed by atoms with Crippen LogP contribution in [0.4, 0.5) is 18.9 Å². The molecule has 2 heterocycles. The molecule has 6 nitrogen and oxygen atoms in total. The van der Waals surface area contributed by atoms with Crippen LogP contribution in [0.15, 0.2) is 40.1 Å². The fourth-order valence-corrected chi connectivity index (χ4v) is 3.01. The van der Waals surface area contributed by atoms with Gasteiger partial charge in [-0.05, 0) is 31.2 Å². The molecule has 0 aliphatic carbocycles. The van der Waals surface area contributed by atoms with Crippen molar-refractivity contribution in [2.24, 2.45) is 0 Å². The molecule has 1 aromatic carbocycles. The van der Waals surface area contributed by atoms with Crippen molar-refractivity contribution < 1.29 is 22.4 Å². The van der Waals surface area contributed by atoms with Gasteiger partial charge in [-0.15, -0.1) is 10.2 Å². The number of carbonyl (C=O) groups is 1. The lowest BCUT2D eigenvalue weighted by Crippen LogP contribution is -2.16. The first-order chi connectivity index (χ1) is 12.5. The number of aromatic nitrogens is 3. The van der Waals surface area contributed by atoms with E-state index in [1.807, 2.05) is 6.92 Å². The Labute approximate surface area is 150 Å². The second-order valence-corrected chi connectivity index (χ2v) is 6.03. The molecule has 0 aliphatic heterocycles. The third-order valence-corrected chi connectivity index (χ3v) is 4.38. The highest BCUT2D eigenvalue weighted by Crippen LogP contribution is 2.25. The van der Waals surface area contributed by atoms with E-state index in [0.29, 0.717) is 23.3 Å². The minimum absolute atomic E-state index is 0.116. The minimum Gasteiger partial charge on any atom is -0.461 e. The predicted molar refractivity (Wildman–Crippen MR) is 89.1 cm³/mol. The van der Waals surface area contributed by atoms with Crippen LogP contribution < -0.4 is 5.32 Å². The number of benzene rings is 1. The number of furan rings is 1. The van der Waals surface area contributed by atoms with E-state index in [-0.39, 0.29) is 5.75 Å². The van der Waals surface area contributed by atoms with Gasteiger partial charge >= 0.3 is 0 Å². The number of carbonyl (C=O) groups excluding carboxylic acids is 1. The summed E-state index contributed by atoms with van der Waals surface area (Å²) < 4.78 is 46.7. The zero-order valence-electron chi connectivity index (χ0n) is 13.5. The summed E-state index contributed by atoms with van der Waals surface area (Å²) in [7, 11) is 0. The van der Waals surface area contributed by atoms with E-state index in [9.17, 15) is 18.0 Å². The molecular weight excluding hydrogens is 369 g/mol. The van der Waals surface area contributed by atoms with Crippen LogP contribution >= 0.6 is 11.8 Å². The molecule has 0 saturated heterocycles. The van der Waals surface area contributed by atoms with E-state index in [1.165, 1.54) is 6.26 Å². The average molecular weight is 382 g/mol. The van der Waals surface area contributed by atoms with Crippen molar-refractivity contribution in [3.05, 3.63) is 48.0 Å². The Morgan fingerprint density at radius 2 is 2.04 bits per heavy atom. The zero-order valence-corrected chi connectivity index (χ0v) is 14.3. The molecule has 1 amide bonds. The standard InChI is InChI=1S/C16H13F3N4O2S/c1-2-23-15(11-4-3-7-25-11)21-22-16(23)26-8-12(24)20-10-6-5-9(17)13(18)14(10)19/h3-7H,2,8H2,1H3,(H,20,24). The largest absolute Gasteiger partial charge is 0.461 e. The highest BCUT2D eigenvalue weighted by atomic mass is 32.2. The van der Waals surface area contributed by atoms with Crippen molar-refractivity contribution in [2.45, 2.75) is 18.6 Å². The van der Waals surface area contributed by atoms with Gasteiger partial charge in [-0.25, -0.2) is 13.2 Å². The quantitative estimate of drug-likeness (QED) is 0.520. The molecule has 0 radical (unpaired) electrons. The Bertz CT molecular complexity index is 928. The number of amides is 1. The monoisotopic (exact) mass is 382 g/mol. The highest BCUT2D eigenvalue weighted by molar-refractivity contribution is 7.99. The van der Waals surface area contributed by atoms with Gasteiger partial charge in [0.2, 0.25) is 5.91 Å². The van der Waals surface area contributed by atoms with Crippen molar-refractivity contribution in [3.8, 4) is 11.6 Å². The first-order valence-corrected chi connectivity index (χ1v) is 8.53. The topological polar surface area (TPSA) is 73.0 Å². The Kier molecular flexibility index (Phi) is 5.31. The summed E-state index contributed by atoms with van der Waals surface area (Å²) in [5, 5.41) is 10.7. The van der Waals surface area contributed by atoms with Gasteiger partial charge in [-0.1, -0.05) is 11.8 Å². The van der Waals surface area contributed by atoms with Crippen molar-refractivity contribution in [1.29, 1.82) is 0 Å². The Morgan fingerprint density at radius 3 is 2.73 bits per heavy atom. The summed E-state index contributed by atoms with van der Waals surface area (Å²) in [6, 6.07) is 5.16. The maximum Gasteiger partial charge on any atom is 0.234 e. The van der Waals surface area contributed by atoms with Crippen LogP contribution in [0.25, 0.3) is 11.6 Å². The van der Waals surface area contributed by atoms with Crippen LogP contribution in [-0.2, 0) is 11.3 Å². The van der Waals surface area contributed by atoms with Crippen molar-refractivity contribution >= 4 is 23.4 Å². The molecule has 2 aromatic heterocycles. The fourth-order valence-electron chi connectivity index (χ4n) is 2.21. The SMILES string of the molecule is CCn1c(SCC(=O)Nc2ccc(F)c(F)c2F)nnc1-c1ccco1. The summed E-state index contributed by atoms with van der Waals surface area (Å²) in [6.45, 7) is 2.43. The summed E-state index contributed by atoms with van der Waals surface area (Å²) >= 11 is 1.08. The molecule has 1 N–H and O–H groups in total. The molecule has 0 fully saturated rings. The lowest BCUT2D eigenvalue weighted by Gasteiger charge is -2.08. The summed E-state index contributed by atoms with van der Waals surface area (Å²) in [5.74, 6) is -4.05. The average Bonchev–Trinajstić information content (AvgIpc) is 3.29. The van der Waals surface area contributed by atoms with Gasteiger partial charge in [-0.2, -0.15) is 0 Å². The number of hydrogen-bond acceptors (Lipinski definition) is 5. The molecule has 0 bridgehead atoms. The molecule has 0 unspecified atom stereocenters. The first kappa shape index (κ1) is 18.1. The summed E-state index contributed by atoms with van der Waals surface area (Å²) in [5.41, 5.74) is -0.428. The van der Waals surface area contributed by atoms with Gasteiger partial charge in [-0.3, -0.25) is 9.36 Å². The number of rotatable bonds is 6. The van der Waals surface area contributed by atoms with Crippen LogP contribution in [0, 0.1) is 17.5 Å². The first-order valence-electron chi connectivity index (χ1n) is 7.54. The van der Waals surface area contributed by atoms with E-state index in [4.69, 9.17) is 4.42 Å². The van der Waals surface area contributed by atoms with Gasteiger partial charge in [0.1, 0.15) is 0 Å². The van der Waals surface area contributed by atoms with Gasteiger partial charge in [0, 0.05) is 6.54 Å². The number of thioether (sulfide) groups is 1. The maximum absolute atomic E-state index is 13.6. The molecule has 26 heavy (non-hydrogen) atoms. The van der Waals surface area contributed by atoms with Crippen LogP contribution in [0.3, 0.4) is 0 Å². The van der Waals surface area contributed by atoms with Crippen molar-refractivity contribution in [1.82, 2.24) is 14.8 Å². The number of hydrogen-bond donors (Lipinski definition) is 1. The summed E-state index contributed by atoms with van der Waals surface area (Å²) in [6.07, 6.45) is 1.51. The Morgan fingerprint density at radius 1 is 1.23 bits per heavy atom. The molecule has 3 rings (SSSR count). The lowest BCUT2D eigenvalue weighted by atomic mass is 10.3. The molecule has 3 aromatic rings. The van der Waals surface area contributed by atoms with Gasteiger partial charge in [0.25, 0.3) is 0 Å². The number of nitrogens with one attached hydrogen (secondary N) is 1. The zero-order chi connectivity index (χ0) is 18.7. The normalized spacial score (nSPS) is 10.9. The molecule has 0 atom stereocenters. The molecule has 136 valence electrons. The number of anilines is 1. The Hall–Kier alpha value is -2.75. The van der Waals surface area contributed by atoms with E-state index >= 15 is 0 Å². The minimum atomic E-state index is -1.63. The van der Waals surface area contributed by atoms with Crippen LogP contribution in [-0.4, -0.2) is 26.4 Å². The Balaban J connectivity index is 1.68. The van der Waals surface area contributed by atoms with E-state index in [0.717, 1.165) is 23.9 Å². The van der Waals surface area contributed by atoms with Gasteiger partial charge in [0.15, 0.2) is 34.2 Å². The lowest BCUT2D eigenvalue weighted by molar-refractivity contribution is -0.113. The number of nitrogens with zero attached hydrogens (tertiary/aromatic N) is 3. The fraction of sp³-hybridized carbons (Fsp3) is 0.188. The third kappa shape index (κ3) is 3.59. The highest BCUT2D eigenvalue weighted by Gasteiger charge is 2.18. The summed E-state index contributed by atoms with van der Waals surface area (Å²) in [4.78, 5) is 12.0. The second-order valence-electron chi connectivity index (χ2n) is 5.09. The molecule has 0 saturated carbocycles. The van der Waals surface area contributed by atoms with Crippen molar-refractivity contribution in [3.63, 3.8) is 0 Å². The second kappa shape index (κ2) is 7.65. The predicted octanol–water partition coefficient (Wildman–Crippen LogP) is 3.71. The van der Waals surface area contributed by atoms with E-state index < -0.39 is 29.0 Å². The molecule has 0 aliphatic rings. The van der Waals surface area contributed by atoms with Crippen molar-refractivity contribution in [2.75, 3.05) is 11.1 Å². The van der Waals surface area contributed by atoms with E-state index in [1.54, 1.807) is 16.7 Å². The maximum atomic E-state index is 13.6. The van der Waals surface area contributed by atoms with Gasteiger partial charge in [0.05, 0.1) is 17.7 Å².